The van der Waals surface area contributed by atoms with E-state index in [4.69, 9.17) is 0 Å². The van der Waals surface area contributed by atoms with E-state index in [0.29, 0.717) is 5.92 Å². The van der Waals surface area contributed by atoms with Gasteiger partial charge in [-0.15, -0.1) is 0 Å². The lowest BCUT2D eigenvalue weighted by atomic mass is 9.89. The number of hydrogen-bond acceptors (Lipinski definition) is 2. The summed E-state index contributed by atoms with van der Waals surface area (Å²) in [6.45, 7) is 5.41. The van der Waals surface area contributed by atoms with Gasteiger partial charge < -0.3 is 10.2 Å². The molecular formula is C15H28F2N2. The first-order valence-corrected chi connectivity index (χ1v) is 7.91. The number of piperidine rings is 1. The minimum Gasteiger partial charge on any atom is -0.307 e. The van der Waals surface area contributed by atoms with Crippen molar-refractivity contribution in [2.75, 3.05) is 26.2 Å². The van der Waals surface area contributed by atoms with Crippen molar-refractivity contribution in [1.82, 2.24) is 10.2 Å². The van der Waals surface area contributed by atoms with E-state index in [9.17, 15) is 8.78 Å². The number of unbranched alkanes of at least 4 members (excludes halogenated alkanes) is 1. The summed E-state index contributed by atoms with van der Waals surface area (Å²) in [6, 6.07) is 0.267. The molecule has 0 amide bonds. The molecule has 1 heterocycles. The summed E-state index contributed by atoms with van der Waals surface area (Å²) < 4.78 is 24.7. The standard InChI is InChI=1S/C15H28F2N2/c1-2-3-4-13-7-14(18-8-15(16)17)11-19(10-13)9-12-5-6-12/h12-15,18H,2-11H2,1H3. The first-order valence-electron chi connectivity index (χ1n) is 7.91. The van der Waals surface area contributed by atoms with E-state index < -0.39 is 6.43 Å². The van der Waals surface area contributed by atoms with Crippen molar-refractivity contribution in [2.24, 2.45) is 11.8 Å². The first-order chi connectivity index (χ1) is 9.17. The van der Waals surface area contributed by atoms with Gasteiger partial charge >= 0.3 is 0 Å². The van der Waals surface area contributed by atoms with Gasteiger partial charge in [0.05, 0.1) is 6.54 Å². The zero-order valence-corrected chi connectivity index (χ0v) is 12.1. The summed E-state index contributed by atoms with van der Waals surface area (Å²) >= 11 is 0. The second-order valence-corrected chi connectivity index (χ2v) is 6.40. The Morgan fingerprint density at radius 2 is 2.00 bits per heavy atom. The molecular weight excluding hydrogens is 246 g/mol. The Hall–Kier alpha value is -0.220. The number of rotatable bonds is 8. The number of nitrogens with one attached hydrogen (secondary N) is 1. The molecule has 0 bridgehead atoms. The molecule has 2 atom stereocenters. The van der Waals surface area contributed by atoms with Gasteiger partial charge in [-0.05, 0) is 37.5 Å². The predicted octanol–water partition coefficient (Wildman–Crippen LogP) is 3.13. The third-order valence-corrected chi connectivity index (χ3v) is 4.35. The maximum Gasteiger partial charge on any atom is 0.250 e. The second kappa shape index (κ2) is 7.53. The molecule has 0 aromatic heterocycles. The molecule has 0 aromatic rings. The van der Waals surface area contributed by atoms with Gasteiger partial charge in [-0.1, -0.05) is 19.8 Å². The molecule has 2 aliphatic rings. The van der Waals surface area contributed by atoms with Gasteiger partial charge in [-0.2, -0.15) is 0 Å². The van der Waals surface area contributed by atoms with Crippen LogP contribution in [-0.2, 0) is 0 Å². The van der Waals surface area contributed by atoms with Crippen LogP contribution in [0.2, 0.25) is 0 Å². The van der Waals surface area contributed by atoms with Crippen LogP contribution in [0, 0.1) is 11.8 Å². The van der Waals surface area contributed by atoms with Crippen LogP contribution >= 0.6 is 0 Å². The lowest BCUT2D eigenvalue weighted by molar-refractivity contribution is 0.103. The van der Waals surface area contributed by atoms with E-state index in [1.54, 1.807) is 0 Å². The monoisotopic (exact) mass is 274 g/mol. The Labute approximate surface area is 115 Å². The lowest BCUT2D eigenvalue weighted by Crippen LogP contribution is -2.50. The Morgan fingerprint density at radius 1 is 1.21 bits per heavy atom. The fraction of sp³-hybridized carbons (Fsp3) is 1.00. The van der Waals surface area contributed by atoms with Crippen LogP contribution in [0.3, 0.4) is 0 Å². The Bertz CT molecular complexity index is 257. The van der Waals surface area contributed by atoms with Gasteiger partial charge in [-0.25, -0.2) is 8.78 Å². The van der Waals surface area contributed by atoms with Gasteiger partial charge in [0.15, 0.2) is 0 Å². The van der Waals surface area contributed by atoms with E-state index in [0.717, 1.165) is 18.9 Å². The molecule has 2 fully saturated rings. The molecule has 0 aromatic carbocycles. The Kier molecular flexibility index (Phi) is 6.02. The number of alkyl halides is 2. The van der Waals surface area contributed by atoms with E-state index in [1.807, 2.05) is 0 Å². The predicted molar refractivity (Wildman–Crippen MR) is 74.6 cm³/mol. The van der Waals surface area contributed by atoms with Crippen molar-refractivity contribution >= 4 is 0 Å². The van der Waals surface area contributed by atoms with Crippen LogP contribution in [0.1, 0.15) is 45.4 Å². The molecule has 0 spiro atoms. The van der Waals surface area contributed by atoms with Crippen LogP contribution in [0.4, 0.5) is 8.78 Å². The minimum atomic E-state index is -2.23. The fourth-order valence-corrected chi connectivity index (χ4v) is 3.22. The third-order valence-electron chi connectivity index (χ3n) is 4.35. The summed E-state index contributed by atoms with van der Waals surface area (Å²) in [5.74, 6) is 1.59. The molecule has 2 rings (SSSR count). The fourth-order valence-electron chi connectivity index (χ4n) is 3.22. The van der Waals surface area contributed by atoms with Crippen LogP contribution in [-0.4, -0.2) is 43.5 Å². The van der Waals surface area contributed by atoms with Crippen LogP contribution in [0.15, 0.2) is 0 Å². The molecule has 4 heteroatoms. The van der Waals surface area contributed by atoms with E-state index in [2.05, 4.69) is 17.1 Å². The molecule has 0 radical (unpaired) electrons. The number of likely N-dealkylation sites (tertiary alicyclic amines) is 1. The molecule has 19 heavy (non-hydrogen) atoms. The van der Waals surface area contributed by atoms with Crippen molar-refractivity contribution in [3.63, 3.8) is 0 Å². The van der Waals surface area contributed by atoms with E-state index in [1.165, 1.54) is 45.2 Å². The zero-order chi connectivity index (χ0) is 13.7. The van der Waals surface area contributed by atoms with Crippen LogP contribution < -0.4 is 5.32 Å². The van der Waals surface area contributed by atoms with Crippen molar-refractivity contribution in [3.05, 3.63) is 0 Å². The largest absolute Gasteiger partial charge is 0.307 e. The van der Waals surface area contributed by atoms with Crippen molar-refractivity contribution in [2.45, 2.75) is 57.9 Å². The SMILES string of the molecule is CCCCC1CC(NCC(F)F)CN(CC2CC2)C1. The summed E-state index contributed by atoms with van der Waals surface area (Å²) in [6.07, 6.45) is 5.33. The third kappa shape index (κ3) is 5.74. The summed E-state index contributed by atoms with van der Waals surface area (Å²) in [7, 11) is 0. The quantitative estimate of drug-likeness (QED) is 0.731. The topological polar surface area (TPSA) is 15.3 Å². The highest BCUT2D eigenvalue weighted by atomic mass is 19.3. The van der Waals surface area contributed by atoms with Crippen LogP contribution in [0.5, 0.6) is 0 Å². The minimum absolute atomic E-state index is 0.150. The van der Waals surface area contributed by atoms with Gasteiger partial charge in [0.2, 0.25) is 0 Å². The smallest absolute Gasteiger partial charge is 0.250 e. The van der Waals surface area contributed by atoms with Gasteiger partial charge in [0.25, 0.3) is 6.43 Å². The van der Waals surface area contributed by atoms with Crippen molar-refractivity contribution < 1.29 is 8.78 Å². The molecule has 2 nitrogen and oxygen atoms in total. The molecule has 1 saturated carbocycles. The summed E-state index contributed by atoms with van der Waals surface area (Å²) in [4.78, 5) is 2.52. The molecule has 1 saturated heterocycles. The summed E-state index contributed by atoms with van der Waals surface area (Å²) in [5, 5.41) is 3.06. The lowest BCUT2D eigenvalue weighted by Gasteiger charge is -2.38. The van der Waals surface area contributed by atoms with Gasteiger partial charge in [-0.3, -0.25) is 0 Å². The number of halogens is 2. The average molecular weight is 274 g/mol. The first kappa shape index (κ1) is 15.2. The van der Waals surface area contributed by atoms with E-state index >= 15 is 0 Å². The Balaban J connectivity index is 1.79. The van der Waals surface area contributed by atoms with E-state index in [-0.39, 0.29) is 12.6 Å². The highest BCUT2D eigenvalue weighted by Gasteiger charge is 2.31. The number of hydrogen-bond donors (Lipinski definition) is 1. The second-order valence-electron chi connectivity index (χ2n) is 6.40. The summed E-state index contributed by atoms with van der Waals surface area (Å²) in [5.41, 5.74) is 0. The van der Waals surface area contributed by atoms with Gasteiger partial charge in [0, 0.05) is 25.7 Å². The molecule has 1 aliphatic heterocycles. The highest BCUT2D eigenvalue weighted by Crippen LogP contribution is 2.32. The molecule has 1 N–H and O–H groups in total. The van der Waals surface area contributed by atoms with Crippen LogP contribution in [0.25, 0.3) is 0 Å². The van der Waals surface area contributed by atoms with Crippen molar-refractivity contribution in [1.29, 1.82) is 0 Å². The van der Waals surface area contributed by atoms with Crippen molar-refractivity contribution in [3.8, 4) is 0 Å². The maximum atomic E-state index is 12.3. The average Bonchev–Trinajstić information content (AvgIpc) is 3.17. The highest BCUT2D eigenvalue weighted by molar-refractivity contribution is 4.87. The van der Waals surface area contributed by atoms with Gasteiger partial charge in [0.1, 0.15) is 0 Å². The molecule has 1 aliphatic carbocycles. The Morgan fingerprint density at radius 3 is 2.63 bits per heavy atom. The normalized spacial score (nSPS) is 29.1. The molecule has 112 valence electrons. The molecule has 2 unspecified atom stereocenters. The number of nitrogens with zero attached hydrogens (tertiary/aromatic N) is 1. The maximum absolute atomic E-state index is 12.3. The zero-order valence-electron chi connectivity index (χ0n) is 12.1.